The van der Waals surface area contributed by atoms with Gasteiger partial charge < -0.3 is 24.5 Å². The van der Waals surface area contributed by atoms with Crippen LogP contribution in [0.4, 0.5) is 5.13 Å². The van der Waals surface area contributed by atoms with Crippen LogP contribution in [-0.4, -0.2) is 77.4 Å². The molecule has 220 valence electrons. The van der Waals surface area contributed by atoms with E-state index in [1.807, 2.05) is 44.2 Å². The summed E-state index contributed by atoms with van der Waals surface area (Å²) in [7, 11) is 1.76. The molecule has 1 aromatic heterocycles. The summed E-state index contributed by atoms with van der Waals surface area (Å²) in [5, 5.41) is 12.6. The van der Waals surface area contributed by atoms with Crippen LogP contribution < -0.4 is 9.64 Å². The molecule has 3 aliphatic rings. The van der Waals surface area contributed by atoms with Gasteiger partial charge in [-0.25, -0.2) is 4.98 Å². The first-order chi connectivity index (χ1) is 20.2. The van der Waals surface area contributed by atoms with Crippen LogP contribution in [0.1, 0.15) is 39.9 Å². The number of carbonyl (C=O) groups excluding carboxylic acids is 2. The molecule has 1 unspecified atom stereocenters. The molecular formula is C32H36N4O5S. The molecule has 0 spiro atoms. The van der Waals surface area contributed by atoms with Crippen molar-refractivity contribution < 1.29 is 24.2 Å². The predicted octanol–water partition coefficient (Wildman–Crippen LogP) is 4.47. The number of thiazole rings is 1. The van der Waals surface area contributed by atoms with Gasteiger partial charge in [-0.2, -0.15) is 0 Å². The summed E-state index contributed by atoms with van der Waals surface area (Å²) >= 11 is 1.59. The molecule has 2 amide bonds. The molecule has 6 rings (SSSR count). The van der Waals surface area contributed by atoms with Crippen LogP contribution >= 0.6 is 11.3 Å². The number of amides is 2. The van der Waals surface area contributed by atoms with E-state index in [1.165, 1.54) is 0 Å². The molecular weight excluding hydrogens is 552 g/mol. The summed E-state index contributed by atoms with van der Waals surface area (Å²) in [6, 6.07) is 11.8. The van der Waals surface area contributed by atoms with E-state index in [-0.39, 0.29) is 36.1 Å². The minimum absolute atomic E-state index is 0.0479. The Morgan fingerprint density at radius 1 is 1.07 bits per heavy atom. The van der Waals surface area contributed by atoms with Gasteiger partial charge in [-0.05, 0) is 67.9 Å². The maximum atomic E-state index is 13.1. The van der Waals surface area contributed by atoms with E-state index < -0.39 is 5.97 Å². The maximum absolute atomic E-state index is 13.1. The number of aliphatic carboxylic acids is 1. The van der Waals surface area contributed by atoms with E-state index in [9.17, 15) is 19.5 Å². The van der Waals surface area contributed by atoms with Crippen molar-refractivity contribution in [3.8, 4) is 17.0 Å². The summed E-state index contributed by atoms with van der Waals surface area (Å²) in [5.74, 6) is 0.0305. The number of hydrogen-bond acceptors (Lipinski definition) is 7. The van der Waals surface area contributed by atoms with E-state index in [1.54, 1.807) is 28.2 Å². The Hall–Kier alpha value is -3.92. The number of ether oxygens (including phenoxy) is 1. The molecule has 1 N–H and O–H groups in total. The van der Waals surface area contributed by atoms with Crippen molar-refractivity contribution in [2.75, 3.05) is 44.7 Å². The summed E-state index contributed by atoms with van der Waals surface area (Å²) in [6.07, 6.45) is 1.94. The van der Waals surface area contributed by atoms with Crippen molar-refractivity contribution in [1.82, 2.24) is 14.8 Å². The number of benzene rings is 2. The largest absolute Gasteiger partial charge is 0.488 e. The molecule has 3 fully saturated rings. The predicted molar refractivity (Wildman–Crippen MR) is 161 cm³/mol. The van der Waals surface area contributed by atoms with Crippen molar-refractivity contribution in [2.24, 2.45) is 17.8 Å². The third-order valence-electron chi connectivity index (χ3n) is 8.95. The van der Waals surface area contributed by atoms with Crippen LogP contribution in [0.5, 0.6) is 5.75 Å². The van der Waals surface area contributed by atoms with Crippen LogP contribution in [0.25, 0.3) is 11.3 Å². The van der Waals surface area contributed by atoms with Gasteiger partial charge in [0, 0.05) is 49.7 Å². The lowest BCUT2D eigenvalue weighted by atomic mass is 9.85. The van der Waals surface area contributed by atoms with Gasteiger partial charge in [0.05, 0.1) is 11.6 Å². The second-order valence-electron chi connectivity index (χ2n) is 11.9. The topological polar surface area (TPSA) is 103 Å². The Bertz CT molecular complexity index is 1520. The Labute approximate surface area is 249 Å². The quantitative estimate of drug-likeness (QED) is 0.435. The number of piperidine rings is 1. The van der Waals surface area contributed by atoms with Gasteiger partial charge in [-0.3, -0.25) is 14.4 Å². The number of piperazine rings is 1. The Kier molecular flexibility index (Phi) is 7.66. The zero-order valence-corrected chi connectivity index (χ0v) is 25.0. The molecule has 1 aliphatic carbocycles. The van der Waals surface area contributed by atoms with E-state index in [0.29, 0.717) is 25.3 Å². The third-order valence-corrected chi connectivity index (χ3v) is 9.85. The van der Waals surface area contributed by atoms with Gasteiger partial charge >= 0.3 is 5.97 Å². The lowest BCUT2D eigenvalue weighted by molar-refractivity contribution is -0.144. The summed E-state index contributed by atoms with van der Waals surface area (Å²) in [4.78, 5) is 47.4. The number of aromatic nitrogens is 1. The number of aryl methyl sites for hydroxylation is 2. The van der Waals surface area contributed by atoms with Crippen LogP contribution in [0.15, 0.2) is 41.8 Å². The van der Waals surface area contributed by atoms with Gasteiger partial charge in [-0.15, -0.1) is 11.3 Å². The summed E-state index contributed by atoms with van der Waals surface area (Å²) in [5.41, 5.74) is 5.27. The maximum Gasteiger partial charge on any atom is 0.307 e. The van der Waals surface area contributed by atoms with Crippen LogP contribution in [0.2, 0.25) is 0 Å². The van der Waals surface area contributed by atoms with Crippen molar-refractivity contribution in [1.29, 1.82) is 0 Å². The highest BCUT2D eigenvalue weighted by molar-refractivity contribution is 7.14. The van der Waals surface area contributed by atoms with E-state index in [4.69, 9.17) is 9.72 Å². The first-order valence-electron chi connectivity index (χ1n) is 14.5. The van der Waals surface area contributed by atoms with E-state index >= 15 is 0 Å². The fourth-order valence-corrected chi connectivity index (χ4v) is 7.45. The minimum Gasteiger partial charge on any atom is -0.488 e. The second kappa shape index (κ2) is 11.4. The highest BCUT2D eigenvalue weighted by Crippen LogP contribution is 2.44. The van der Waals surface area contributed by atoms with Crippen molar-refractivity contribution in [3.63, 3.8) is 0 Å². The Morgan fingerprint density at radius 3 is 2.52 bits per heavy atom. The third kappa shape index (κ3) is 5.47. The average molecular weight is 589 g/mol. The molecule has 2 aliphatic heterocycles. The number of likely N-dealkylation sites (N-methyl/N-ethyl adjacent to an activating group) is 1. The van der Waals surface area contributed by atoms with E-state index in [0.717, 1.165) is 64.8 Å². The van der Waals surface area contributed by atoms with Gasteiger partial charge in [-0.1, -0.05) is 23.8 Å². The standard InChI is InChI=1S/C32H36N4O5S/c1-19-4-9-27(41-17-21-5-8-24(20(2)13-21)30(38)35-11-10-34(3)28(37)16-35)25(12-19)26-18-42-32(33-26)36-14-22-6-7-23(15-36)29(22)31(39)40/h4-5,8-9,12-13,18,22-23,29H,6-7,10-11,14-17H2,1-3H3,(H,39,40)/t22-,23+,29?. The fraction of sp³-hybridized carbons (Fsp3) is 0.438. The second-order valence-corrected chi connectivity index (χ2v) is 12.7. The summed E-state index contributed by atoms with van der Waals surface area (Å²) < 4.78 is 6.31. The van der Waals surface area contributed by atoms with Crippen LogP contribution in [-0.2, 0) is 16.2 Å². The van der Waals surface area contributed by atoms with Crippen LogP contribution in [0, 0.1) is 31.6 Å². The fourth-order valence-electron chi connectivity index (χ4n) is 6.60. The lowest BCUT2D eigenvalue weighted by Gasteiger charge is -2.35. The molecule has 0 radical (unpaired) electrons. The van der Waals surface area contributed by atoms with E-state index in [2.05, 4.69) is 16.3 Å². The lowest BCUT2D eigenvalue weighted by Crippen LogP contribution is -2.50. The average Bonchev–Trinajstić information content (AvgIpc) is 3.56. The number of nitrogens with zero attached hydrogens (tertiary/aromatic N) is 4. The number of carboxylic acids is 1. The van der Waals surface area contributed by atoms with Crippen molar-refractivity contribution in [3.05, 3.63) is 64.0 Å². The van der Waals surface area contributed by atoms with Crippen LogP contribution in [0.3, 0.4) is 0 Å². The number of carboxylic acid groups (broad SMARTS) is 1. The molecule has 9 nitrogen and oxygen atoms in total. The summed E-state index contributed by atoms with van der Waals surface area (Å²) in [6.45, 7) is 6.94. The molecule has 2 saturated heterocycles. The number of rotatable bonds is 7. The van der Waals surface area contributed by atoms with Gasteiger partial charge in [0.2, 0.25) is 5.91 Å². The van der Waals surface area contributed by atoms with Crippen molar-refractivity contribution in [2.45, 2.75) is 33.3 Å². The Morgan fingerprint density at radius 2 is 1.83 bits per heavy atom. The highest BCUT2D eigenvalue weighted by Gasteiger charge is 2.46. The Balaban J connectivity index is 1.15. The number of anilines is 1. The molecule has 3 aromatic rings. The smallest absolute Gasteiger partial charge is 0.307 e. The zero-order valence-electron chi connectivity index (χ0n) is 24.2. The monoisotopic (exact) mass is 588 g/mol. The number of carbonyl (C=O) groups is 3. The number of hydrogen-bond donors (Lipinski definition) is 1. The molecule has 3 atom stereocenters. The SMILES string of the molecule is Cc1ccc(OCc2ccc(C(=O)N3CCN(C)C(=O)C3)c(C)c2)c(-c2csc(N3C[C@H]4CC[C@@H](C3)C4C(=O)O)n2)c1. The van der Waals surface area contributed by atoms with Gasteiger partial charge in [0.25, 0.3) is 5.91 Å². The first-order valence-corrected chi connectivity index (χ1v) is 15.4. The zero-order chi connectivity index (χ0) is 29.5. The van der Waals surface area contributed by atoms with Gasteiger partial charge in [0.15, 0.2) is 5.13 Å². The molecule has 42 heavy (non-hydrogen) atoms. The van der Waals surface area contributed by atoms with Crippen molar-refractivity contribution >= 4 is 34.3 Å². The minimum atomic E-state index is -0.661. The highest BCUT2D eigenvalue weighted by atomic mass is 32.1. The van der Waals surface area contributed by atoms with Gasteiger partial charge in [0.1, 0.15) is 18.9 Å². The number of fused-ring (bicyclic) bond motifs is 2. The molecule has 2 bridgehead atoms. The first kappa shape index (κ1) is 28.2. The normalized spacial score (nSPS) is 22.0. The molecule has 1 saturated carbocycles. The molecule has 10 heteroatoms. The molecule has 3 heterocycles. The molecule has 2 aromatic carbocycles.